The van der Waals surface area contributed by atoms with E-state index in [4.69, 9.17) is 0 Å². The van der Waals surface area contributed by atoms with Crippen LogP contribution in [0.4, 0.5) is 11.4 Å². The summed E-state index contributed by atoms with van der Waals surface area (Å²) in [6.07, 6.45) is 1.36. The Morgan fingerprint density at radius 3 is 3.00 bits per heavy atom. The Morgan fingerprint density at radius 2 is 2.31 bits per heavy atom. The highest BCUT2D eigenvalue weighted by atomic mass is 16.5. The van der Waals surface area contributed by atoms with E-state index in [0.717, 1.165) is 0 Å². The average Bonchev–Trinajstić information content (AvgIpc) is 2.36. The van der Waals surface area contributed by atoms with Crippen LogP contribution in [0.15, 0.2) is 28.9 Å². The molecular formula is C11H8N2O3. The molecule has 1 aliphatic heterocycles. The molecule has 0 aromatic heterocycles. The van der Waals surface area contributed by atoms with Gasteiger partial charge in [0.2, 0.25) is 0 Å². The van der Waals surface area contributed by atoms with E-state index in [1.165, 1.54) is 13.3 Å². The first kappa shape index (κ1) is 10.1. The summed E-state index contributed by atoms with van der Waals surface area (Å²) in [5, 5.41) is 2.82. The molecule has 1 N–H and O–H groups in total. The molecule has 0 spiro atoms. The third-order valence-corrected chi connectivity index (χ3v) is 2.13. The molecule has 80 valence electrons. The van der Waals surface area contributed by atoms with Gasteiger partial charge in [-0.15, -0.1) is 0 Å². The van der Waals surface area contributed by atoms with Crippen molar-refractivity contribution in [3.8, 4) is 0 Å². The second-order valence-corrected chi connectivity index (χ2v) is 3.12. The highest BCUT2D eigenvalue weighted by Crippen LogP contribution is 2.29. The van der Waals surface area contributed by atoms with Crippen molar-refractivity contribution in [3.63, 3.8) is 0 Å². The lowest BCUT2D eigenvalue weighted by Crippen LogP contribution is -2.07. The molecule has 2 rings (SSSR count). The second-order valence-electron chi connectivity index (χ2n) is 3.12. The van der Waals surface area contributed by atoms with E-state index >= 15 is 0 Å². The van der Waals surface area contributed by atoms with Gasteiger partial charge in [0.25, 0.3) is 0 Å². The largest absolute Gasteiger partial charge is 0.465 e. The highest BCUT2D eigenvalue weighted by Gasteiger charge is 2.12. The standard InChI is InChI=1S/C11H8N2O3/c1-16-11(15)7-2-3-9-10(4-7)12-5-8(6-14)13-9/h2-5,13H,1H3. The normalized spacial score (nSPS) is 12.4. The van der Waals surface area contributed by atoms with Crippen LogP contribution in [-0.2, 0) is 9.53 Å². The lowest BCUT2D eigenvalue weighted by molar-refractivity contribution is 0.0601. The Hall–Kier alpha value is -2.39. The third-order valence-electron chi connectivity index (χ3n) is 2.13. The molecule has 1 heterocycles. The zero-order valence-corrected chi connectivity index (χ0v) is 8.48. The van der Waals surface area contributed by atoms with E-state index < -0.39 is 5.97 Å². The molecule has 0 unspecified atom stereocenters. The number of nitrogens with one attached hydrogen (secondary N) is 1. The number of carbonyl (C=O) groups is 1. The van der Waals surface area contributed by atoms with Gasteiger partial charge in [-0.3, -0.25) is 4.99 Å². The van der Waals surface area contributed by atoms with E-state index in [9.17, 15) is 9.59 Å². The first-order valence-corrected chi connectivity index (χ1v) is 4.53. The number of fused-ring (bicyclic) bond motifs is 1. The maximum absolute atomic E-state index is 11.3. The van der Waals surface area contributed by atoms with Gasteiger partial charge in [0, 0.05) is 0 Å². The third kappa shape index (κ3) is 1.71. The van der Waals surface area contributed by atoms with Crippen LogP contribution in [0, 0.1) is 0 Å². The number of methoxy groups -OCH3 is 1. The number of carbonyl (C=O) groups excluding carboxylic acids is 2. The minimum absolute atomic E-state index is 0.262. The zero-order valence-electron chi connectivity index (χ0n) is 8.48. The molecule has 0 saturated heterocycles. The van der Waals surface area contributed by atoms with E-state index in [-0.39, 0.29) is 5.70 Å². The van der Waals surface area contributed by atoms with E-state index in [0.29, 0.717) is 16.9 Å². The van der Waals surface area contributed by atoms with Gasteiger partial charge in [-0.2, -0.15) is 0 Å². The van der Waals surface area contributed by atoms with Crippen molar-refractivity contribution in [3.05, 3.63) is 29.5 Å². The van der Waals surface area contributed by atoms with Gasteiger partial charge in [0.15, 0.2) is 5.94 Å². The van der Waals surface area contributed by atoms with Crippen molar-refractivity contribution >= 4 is 29.5 Å². The fraction of sp³-hybridized carbons (Fsp3) is 0.0909. The molecule has 5 heteroatoms. The summed E-state index contributed by atoms with van der Waals surface area (Å²) in [4.78, 5) is 25.7. The summed E-state index contributed by atoms with van der Waals surface area (Å²) < 4.78 is 4.59. The molecule has 0 atom stereocenters. The van der Waals surface area contributed by atoms with Crippen molar-refractivity contribution in [1.82, 2.24) is 0 Å². The highest BCUT2D eigenvalue weighted by molar-refractivity contribution is 6.00. The molecule has 0 fully saturated rings. The van der Waals surface area contributed by atoms with Crippen molar-refractivity contribution < 1.29 is 14.3 Å². The molecule has 5 nitrogen and oxygen atoms in total. The van der Waals surface area contributed by atoms with Crippen molar-refractivity contribution in [1.29, 1.82) is 0 Å². The first-order valence-electron chi connectivity index (χ1n) is 4.53. The van der Waals surface area contributed by atoms with Crippen molar-refractivity contribution in [2.75, 3.05) is 12.4 Å². The topological polar surface area (TPSA) is 67.8 Å². The van der Waals surface area contributed by atoms with Gasteiger partial charge < -0.3 is 10.1 Å². The summed E-state index contributed by atoms with van der Waals surface area (Å²) in [6.45, 7) is 0. The van der Waals surface area contributed by atoms with E-state index in [2.05, 4.69) is 15.0 Å². The van der Waals surface area contributed by atoms with Crippen LogP contribution in [0.5, 0.6) is 0 Å². The molecular weight excluding hydrogens is 208 g/mol. The average molecular weight is 216 g/mol. The van der Waals surface area contributed by atoms with Gasteiger partial charge in [0.1, 0.15) is 5.70 Å². The van der Waals surface area contributed by atoms with Crippen LogP contribution < -0.4 is 5.32 Å². The minimum Gasteiger partial charge on any atom is -0.465 e. The molecule has 0 amide bonds. The Morgan fingerprint density at radius 1 is 1.50 bits per heavy atom. The van der Waals surface area contributed by atoms with Crippen LogP contribution >= 0.6 is 0 Å². The van der Waals surface area contributed by atoms with E-state index in [1.807, 2.05) is 0 Å². The molecule has 16 heavy (non-hydrogen) atoms. The smallest absolute Gasteiger partial charge is 0.337 e. The van der Waals surface area contributed by atoms with Gasteiger partial charge in [-0.25, -0.2) is 9.59 Å². The van der Waals surface area contributed by atoms with Gasteiger partial charge in [0.05, 0.1) is 30.3 Å². The molecule has 1 aliphatic rings. The zero-order chi connectivity index (χ0) is 11.5. The quantitative estimate of drug-likeness (QED) is 0.567. The number of hydrogen-bond donors (Lipinski definition) is 1. The number of nitrogens with zero attached hydrogens (tertiary/aromatic N) is 1. The summed E-state index contributed by atoms with van der Waals surface area (Å²) in [7, 11) is 1.32. The first-order chi connectivity index (χ1) is 7.74. The van der Waals surface area contributed by atoms with E-state index in [1.54, 1.807) is 24.1 Å². The summed E-state index contributed by atoms with van der Waals surface area (Å²) in [6, 6.07) is 4.85. The van der Waals surface area contributed by atoms with Crippen LogP contribution in [0.3, 0.4) is 0 Å². The van der Waals surface area contributed by atoms with Crippen molar-refractivity contribution in [2.24, 2.45) is 4.99 Å². The number of anilines is 1. The second kappa shape index (κ2) is 4.00. The van der Waals surface area contributed by atoms with Gasteiger partial charge >= 0.3 is 5.97 Å². The number of rotatable bonds is 1. The summed E-state index contributed by atoms with van der Waals surface area (Å²) in [5.74, 6) is 1.29. The SMILES string of the molecule is COC(=O)c1ccc2c(c1)N=CC(=C=O)N2. The molecule has 0 saturated carbocycles. The maximum Gasteiger partial charge on any atom is 0.337 e. The monoisotopic (exact) mass is 216 g/mol. The molecule has 0 radical (unpaired) electrons. The van der Waals surface area contributed by atoms with Crippen LogP contribution in [0.1, 0.15) is 10.4 Å². The molecule has 1 aromatic carbocycles. The lowest BCUT2D eigenvalue weighted by Gasteiger charge is -2.12. The number of ether oxygens (including phenoxy) is 1. The number of allylic oxidation sites excluding steroid dienone is 1. The van der Waals surface area contributed by atoms with Gasteiger partial charge in [-0.1, -0.05) is 0 Å². The maximum atomic E-state index is 11.3. The number of esters is 1. The number of hydrogen-bond acceptors (Lipinski definition) is 5. The number of benzene rings is 1. The minimum atomic E-state index is -0.422. The Labute approximate surface area is 91.4 Å². The predicted octanol–water partition coefficient (Wildman–Crippen LogP) is 1.32. The van der Waals surface area contributed by atoms with Crippen LogP contribution in [0.2, 0.25) is 0 Å². The van der Waals surface area contributed by atoms with Crippen LogP contribution in [-0.4, -0.2) is 25.2 Å². The molecule has 0 bridgehead atoms. The fourth-order valence-corrected chi connectivity index (χ4v) is 1.35. The predicted molar refractivity (Wildman–Crippen MR) is 58.8 cm³/mol. The lowest BCUT2D eigenvalue weighted by atomic mass is 10.1. The van der Waals surface area contributed by atoms with Crippen molar-refractivity contribution in [2.45, 2.75) is 0 Å². The Kier molecular flexibility index (Phi) is 2.54. The summed E-state index contributed by atoms with van der Waals surface area (Å²) in [5.41, 5.74) is 1.92. The fourth-order valence-electron chi connectivity index (χ4n) is 1.35. The number of aliphatic imine (C=N–C) groups is 1. The molecule has 0 aliphatic carbocycles. The van der Waals surface area contributed by atoms with Crippen LogP contribution in [0.25, 0.3) is 0 Å². The summed E-state index contributed by atoms with van der Waals surface area (Å²) >= 11 is 0. The molecule has 1 aromatic rings. The Bertz CT molecular complexity index is 528. The van der Waals surface area contributed by atoms with Gasteiger partial charge in [-0.05, 0) is 18.2 Å². The Balaban J connectivity index is 2.42.